The van der Waals surface area contributed by atoms with Crippen molar-refractivity contribution in [2.24, 2.45) is 5.92 Å². The SMILES string of the molecule is FC1(F)CCC(CNCCCn2ccnn2)C1. The molecule has 2 rings (SSSR count). The molecule has 96 valence electrons. The average Bonchev–Trinajstić information content (AvgIpc) is 2.88. The van der Waals surface area contributed by atoms with Crippen molar-refractivity contribution in [3.05, 3.63) is 12.4 Å². The molecule has 0 radical (unpaired) electrons. The van der Waals surface area contributed by atoms with Crippen LogP contribution in [0.25, 0.3) is 0 Å². The molecule has 1 fully saturated rings. The van der Waals surface area contributed by atoms with Crippen molar-refractivity contribution < 1.29 is 8.78 Å². The highest BCUT2D eigenvalue weighted by molar-refractivity contribution is 4.82. The fraction of sp³-hybridized carbons (Fsp3) is 0.818. The number of aromatic nitrogens is 3. The first-order valence-electron chi connectivity index (χ1n) is 6.08. The Morgan fingerprint density at radius 1 is 1.47 bits per heavy atom. The summed E-state index contributed by atoms with van der Waals surface area (Å²) in [7, 11) is 0. The first kappa shape index (κ1) is 12.4. The standard InChI is InChI=1S/C11H18F2N4/c12-11(13)3-2-10(8-11)9-14-4-1-6-17-7-5-15-16-17/h5,7,10,14H,1-4,6,8-9H2. The molecule has 0 aromatic carbocycles. The van der Waals surface area contributed by atoms with Gasteiger partial charge in [0.05, 0.1) is 6.20 Å². The zero-order valence-electron chi connectivity index (χ0n) is 9.78. The van der Waals surface area contributed by atoms with Crippen LogP contribution in [-0.2, 0) is 6.54 Å². The van der Waals surface area contributed by atoms with Gasteiger partial charge in [-0.3, -0.25) is 4.68 Å². The summed E-state index contributed by atoms with van der Waals surface area (Å²) in [6.45, 7) is 2.35. The second kappa shape index (κ2) is 5.53. The maximum Gasteiger partial charge on any atom is 0.248 e. The number of aryl methyl sites for hydroxylation is 1. The Balaban J connectivity index is 1.52. The Morgan fingerprint density at radius 3 is 3.00 bits per heavy atom. The fourth-order valence-electron chi connectivity index (χ4n) is 2.24. The molecule has 0 amide bonds. The van der Waals surface area contributed by atoms with E-state index >= 15 is 0 Å². The number of hydrogen-bond donors (Lipinski definition) is 1. The molecule has 0 saturated heterocycles. The minimum atomic E-state index is -2.42. The lowest BCUT2D eigenvalue weighted by Gasteiger charge is -2.11. The van der Waals surface area contributed by atoms with Crippen LogP contribution in [-0.4, -0.2) is 34.0 Å². The van der Waals surface area contributed by atoms with Crippen molar-refractivity contribution in [1.82, 2.24) is 20.3 Å². The lowest BCUT2D eigenvalue weighted by molar-refractivity contribution is 0.00509. The second-order valence-corrected chi connectivity index (χ2v) is 4.69. The molecule has 1 aliphatic carbocycles. The summed E-state index contributed by atoms with van der Waals surface area (Å²) in [5.74, 6) is -2.29. The zero-order chi connectivity index (χ0) is 12.1. The number of alkyl halides is 2. The van der Waals surface area contributed by atoms with E-state index in [-0.39, 0.29) is 18.8 Å². The van der Waals surface area contributed by atoms with Crippen LogP contribution in [0.2, 0.25) is 0 Å². The summed E-state index contributed by atoms with van der Waals surface area (Å²) in [5.41, 5.74) is 0. The van der Waals surface area contributed by atoms with E-state index in [4.69, 9.17) is 0 Å². The number of nitrogens with zero attached hydrogens (tertiary/aromatic N) is 3. The van der Waals surface area contributed by atoms with Crippen LogP contribution < -0.4 is 5.32 Å². The predicted molar refractivity (Wildman–Crippen MR) is 59.8 cm³/mol. The Hall–Kier alpha value is -1.04. The molecule has 6 heteroatoms. The van der Waals surface area contributed by atoms with Gasteiger partial charge in [0.2, 0.25) is 5.92 Å². The van der Waals surface area contributed by atoms with Crippen molar-refractivity contribution in [1.29, 1.82) is 0 Å². The molecule has 1 aromatic heterocycles. The summed E-state index contributed by atoms with van der Waals surface area (Å²) in [5, 5.41) is 10.8. The van der Waals surface area contributed by atoms with Crippen molar-refractivity contribution >= 4 is 0 Å². The molecule has 4 nitrogen and oxygen atoms in total. The smallest absolute Gasteiger partial charge is 0.248 e. The second-order valence-electron chi connectivity index (χ2n) is 4.69. The fourth-order valence-corrected chi connectivity index (χ4v) is 2.24. The van der Waals surface area contributed by atoms with E-state index in [2.05, 4.69) is 15.6 Å². The van der Waals surface area contributed by atoms with Gasteiger partial charge in [0, 0.05) is 25.6 Å². The quantitative estimate of drug-likeness (QED) is 0.774. The van der Waals surface area contributed by atoms with Crippen molar-refractivity contribution in [3.8, 4) is 0 Å². The highest BCUT2D eigenvalue weighted by atomic mass is 19.3. The molecule has 0 spiro atoms. The number of nitrogens with one attached hydrogen (secondary N) is 1. The molecule has 17 heavy (non-hydrogen) atoms. The Labute approximate surface area is 99.4 Å². The van der Waals surface area contributed by atoms with Gasteiger partial charge >= 0.3 is 0 Å². The van der Waals surface area contributed by atoms with Gasteiger partial charge in [0.25, 0.3) is 0 Å². The number of hydrogen-bond acceptors (Lipinski definition) is 3. The molecule has 1 heterocycles. The maximum absolute atomic E-state index is 12.9. The van der Waals surface area contributed by atoms with E-state index in [1.165, 1.54) is 0 Å². The first-order valence-corrected chi connectivity index (χ1v) is 6.08. The average molecular weight is 244 g/mol. The van der Waals surface area contributed by atoms with Gasteiger partial charge in [0.15, 0.2) is 0 Å². The molecule has 1 atom stereocenters. The van der Waals surface area contributed by atoms with Crippen LogP contribution >= 0.6 is 0 Å². The molecule has 1 N–H and O–H groups in total. The topological polar surface area (TPSA) is 42.7 Å². The van der Waals surface area contributed by atoms with Gasteiger partial charge < -0.3 is 5.32 Å². The van der Waals surface area contributed by atoms with E-state index in [9.17, 15) is 8.78 Å². The van der Waals surface area contributed by atoms with Crippen LogP contribution in [0.1, 0.15) is 25.7 Å². The third-order valence-electron chi connectivity index (χ3n) is 3.15. The molecule has 0 aliphatic heterocycles. The monoisotopic (exact) mass is 244 g/mol. The highest BCUT2D eigenvalue weighted by Gasteiger charge is 2.38. The molecule has 1 saturated carbocycles. The highest BCUT2D eigenvalue weighted by Crippen LogP contribution is 2.38. The molecular weight excluding hydrogens is 226 g/mol. The van der Waals surface area contributed by atoms with Crippen LogP contribution in [0.15, 0.2) is 12.4 Å². The van der Waals surface area contributed by atoms with E-state index in [0.29, 0.717) is 13.0 Å². The van der Waals surface area contributed by atoms with Crippen LogP contribution in [0.5, 0.6) is 0 Å². The normalized spacial score (nSPS) is 23.1. The number of halogens is 2. The maximum atomic E-state index is 12.9. The summed E-state index contributed by atoms with van der Waals surface area (Å²) in [6.07, 6.45) is 5.14. The van der Waals surface area contributed by atoms with Crippen LogP contribution in [0.4, 0.5) is 8.78 Å². The van der Waals surface area contributed by atoms with Gasteiger partial charge in [-0.25, -0.2) is 8.78 Å². The largest absolute Gasteiger partial charge is 0.316 e. The summed E-state index contributed by atoms with van der Waals surface area (Å²) in [6, 6.07) is 0. The Kier molecular flexibility index (Phi) is 4.04. The lowest BCUT2D eigenvalue weighted by atomic mass is 10.1. The molecule has 1 aromatic rings. The third-order valence-corrected chi connectivity index (χ3v) is 3.15. The zero-order valence-corrected chi connectivity index (χ0v) is 9.78. The van der Waals surface area contributed by atoms with Gasteiger partial charge in [-0.05, 0) is 31.8 Å². The van der Waals surface area contributed by atoms with E-state index in [0.717, 1.165) is 19.5 Å². The van der Waals surface area contributed by atoms with Gasteiger partial charge in [0.1, 0.15) is 0 Å². The minimum absolute atomic E-state index is 0.0447. The first-order chi connectivity index (χ1) is 8.16. The van der Waals surface area contributed by atoms with E-state index < -0.39 is 5.92 Å². The molecule has 1 unspecified atom stereocenters. The van der Waals surface area contributed by atoms with Gasteiger partial charge in [-0.2, -0.15) is 0 Å². The third kappa shape index (κ3) is 4.03. The predicted octanol–water partition coefficient (Wildman–Crippen LogP) is 1.69. The van der Waals surface area contributed by atoms with Gasteiger partial charge in [-0.15, -0.1) is 5.10 Å². The lowest BCUT2D eigenvalue weighted by Crippen LogP contribution is -2.24. The summed E-state index contributed by atoms with van der Waals surface area (Å²) >= 11 is 0. The molecule has 0 bridgehead atoms. The Bertz CT molecular complexity index is 326. The number of rotatable bonds is 6. The Morgan fingerprint density at radius 2 is 2.35 bits per heavy atom. The molecular formula is C11H18F2N4. The van der Waals surface area contributed by atoms with E-state index in [1.807, 2.05) is 6.20 Å². The van der Waals surface area contributed by atoms with Crippen molar-refractivity contribution in [2.45, 2.75) is 38.2 Å². The van der Waals surface area contributed by atoms with Crippen molar-refractivity contribution in [3.63, 3.8) is 0 Å². The minimum Gasteiger partial charge on any atom is -0.316 e. The molecule has 1 aliphatic rings. The summed E-state index contributed by atoms with van der Waals surface area (Å²) < 4.78 is 27.6. The summed E-state index contributed by atoms with van der Waals surface area (Å²) in [4.78, 5) is 0. The van der Waals surface area contributed by atoms with Crippen LogP contribution in [0, 0.1) is 5.92 Å². The van der Waals surface area contributed by atoms with Gasteiger partial charge in [-0.1, -0.05) is 5.21 Å². The van der Waals surface area contributed by atoms with Crippen LogP contribution in [0.3, 0.4) is 0 Å². The van der Waals surface area contributed by atoms with E-state index in [1.54, 1.807) is 10.9 Å². The van der Waals surface area contributed by atoms with Crippen molar-refractivity contribution in [2.75, 3.05) is 13.1 Å².